The fourth-order valence-corrected chi connectivity index (χ4v) is 3.27. The molecule has 1 atom stereocenters. The van der Waals surface area contributed by atoms with E-state index in [4.69, 9.17) is 11.6 Å². The van der Waals surface area contributed by atoms with Gasteiger partial charge in [-0.3, -0.25) is 4.79 Å². The molecule has 1 amide bonds. The van der Waals surface area contributed by atoms with Crippen molar-refractivity contribution in [3.05, 3.63) is 21.3 Å². The Balaban J connectivity index is 0.00000180. The molecule has 1 saturated heterocycles. The highest BCUT2D eigenvalue weighted by Gasteiger charge is 2.14. The van der Waals surface area contributed by atoms with Crippen LogP contribution in [0.4, 0.5) is 0 Å². The molecule has 1 unspecified atom stereocenters. The Labute approximate surface area is 129 Å². The molecule has 0 saturated carbocycles. The third-order valence-corrected chi connectivity index (χ3v) is 4.56. The summed E-state index contributed by atoms with van der Waals surface area (Å²) < 4.78 is 0.791. The molecule has 1 aromatic heterocycles. The number of carbonyl (C=O) groups excluding carboxylic acids is 1. The molecule has 19 heavy (non-hydrogen) atoms. The molecular formula is C13H20Cl2N2OS. The maximum absolute atomic E-state index is 11.6. The van der Waals surface area contributed by atoms with Crippen LogP contribution in [0.15, 0.2) is 12.1 Å². The highest BCUT2D eigenvalue weighted by molar-refractivity contribution is 7.16. The zero-order valence-corrected chi connectivity index (χ0v) is 13.2. The molecule has 3 nitrogen and oxygen atoms in total. The van der Waals surface area contributed by atoms with E-state index in [2.05, 4.69) is 10.6 Å². The summed E-state index contributed by atoms with van der Waals surface area (Å²) in [5.41, 5.74) is 0. The van der Waals surface area contributed by atoms with Crippen molar-refractivity contribution in [2.45, 2.75) is 25.7 Å². The van der Waals surface area contributed by atoms with Gasteiger partial charge in [-0.05, 0) is 50.4 Å². The number of hydrogen-bond donors (Lipinski definition) is 2. The molecule has 1 aliphatic rings. The summed E-state index contributed by atoms with van der Waals surface area (Å²) in [5.74, 6) is 0.881. The zero-order valence-electron chi connectivity index (χ0n) is 10.8. The molecule has 1 fully saturated rings. The molecule has 6 heteroatoms. The van der Waals surface area contributed by atoms with Crippen LogP contribution in [0.1, 0.15) is 24.1 Å². The monoisotopic (exact) mass is 322 g/mol. The molecule has 1 aliphatic heterocycles. The molecule has 2 heterocycles. The zero-order chi connectivity index (χ0) is 12.8. The van der Waals surface area contributed by atoms with Gasteiger partial charge in [-0.1, -0.05) is 11.6 Å². The van der Waals surface area contributed by atoms with Crippen molar-refractivity contribution >= 4 is 41.3 Å². The topological polar surface area (TPSA) is 41.1 Å². The van der Waals surface area contributed by atoms with Crippen LogP contribution in [0.5, 0.6) is 0 Å². The summed E-state index contributed by atoms with van der Waals surface area (Å²) in [6.07, 6.45) is 3.67. The van der Waals surface area contributed by atoms with Crippen LogP contribution >= 0.6 is 35.3 Å². The normalized spacial score (nSPS) is 18.1. The Kier molecular flexibility index (Phi) is 7.76. The molecule has 0 aliphatic carbocycles. The van der Waals surface area contributed by atoms with Gasteiger partial charge in [0.25, 0.3) is 0 Å². The second-order valence-corrected chi connectivity index (χ2v) is 6.50. The lowest BCUT2D eigenvalue weighted by Gasteiger charge is -2.09. The van der Waals surface area contributed by atoms with Crippen molar-refractivity contribution in [2.75, 3.05) is 19.6 Å². The quantitative estimate of drug-likeness (QED) is 0.845. The lowest BCUT2D eigenvalue weighted by molar-refractivity contribution is -0.121. The van der Waals surface area contributed by atoms with Gasteiger partial charge in [-0.2, -0.15) is 0 Å². The van der Waals surface area contributed by atoms with Gasteiger partial charge in [-0.15, -0.1) is 23.7 Å². The van der Waals surface area contributed by atoms with E-state index >= 15 is 0 Å². The van der Waals surface area contributed by atoms with Gasteiger partial charge < -0.3 is 10.6 Å². The number of rotatable bonds is 6. The lowest BCUT2D eigenvalue weighted by atomic mass is 10.1. The summed E-state index contributed by atoms with van der Waals surface area (Å²) >= 11 is 7.40. The van der Waals surface area contributed by atoms with Crippen molar-refractivity contribution < 1.29 is 4.79 Å². The first kappa shape index (κ1) is 16.8. The van der Waals surface area contributed by atoms with Gasteiger partial charge >= 0.3 is 0 Å². The molecule has 0 radical (unpaired) electrons. The van der Waals surface area contributed by atoms with E-state index in [1.165, 1.54) is 11.3 Å². The Morgan fingerprint density at radius 2 is 2.37 bits per heavy atom. The van der Waals surface area contributed by atoms with Crippen molar-refractivity contribution in [2.24, 2.45) is 5.92 Å². The summed E-state index contributed by atoms with van der Waals surface area (Å²) in [4.78, 5) is 12.8. The van der Waals surface area contributed by atoms with E-state index in [9.17, 15) is 4.79 Å². The van der Waals surface area contributed by atoms with Gasteiger partial charge in [-0.25, -0.2) is 0 Å². The predicted molar refractivity (Wildman–Crippen MR) is 83.5 cm³/mol. The number of halogens is 2. The van der Waals surface area contributed by atoms with E-state index < -0.39 is 0 Å². The Morgan fingerprint density at radius 3 is 3.00 bits per heavy atom. The van der Waals surface area contributed by atoms with Crippen molar-refractivity contribution in [1.29, 1.82) is 0 Å². The SMILES string of the molecule is Cl.O=C(CCc1ccc(Cl)s1)NCCC1CCNC1. The third-order valence-electron chi connectivity index (χ3n) is 3.26. The minimum absolute atomic E-state index is 0. The smallest absolute Gasteiger partial charge is 0.220 e. The van der Waals surface area contributed by atoms with Crippen LogP contribution in [0.3, 0.4) is 0 Å². The van der Waals surface area contributed by atoms with E-state index in [1.807, 2.05) is 12.1 Å². The van der Waals surface area contributed by atoms with Gasteiger partial charge in [0.1, 0.15) is 0 Å². The number of thiophene rings is 1. The van der Waals surface area contributed by atoms with Crippen LogP contribution in [-0.4, -0.2) is 25.5 Å². The first-order valence-electron chi connectivity index (χ1n) is 6.45. The molecule has 108 valence electrons. The number of carbonyl (C=O) groups is 1. The van der Waals surface area contributed by atoms with E-state index in [0.717, 1.165) is 42.7 Å². The number of hydrogen-bond acceptors (Lipinski definition) is 3. The molecule has 1 aromatic rings. The van der Waals surface area contributed by atoms with Crippen LogP contribution in [-0.2, 0) is 11.2 Å². The Morgan fingerprint density at radius 1 is 1.53 bits per heavy atom. The highest BCUT2D eigenvalue weighted by atomic mass is 35.5. The Bertz CT molecular complexity index is 392. The van der Waals surface area contributed by atoms with Crippen LogP contribution in [0.2, 0.25) is 4.34 Å². The second kappa shape index (κ2) is 8.80. The predicted octanol–water partition coefficient (Wildman–Crippen LogP) is 2.87. The fraction of sp³-hybridized carbons (Fsp3) is 0.615. The molecular weight excluding hydrogens is 303 g/mol. The second-order valence-electron chi connectivity index (χ2n) is 4.70. The molecule has 2 rings (SSSR count). The Hall–Kier alpha value is -0.290. The van der Waals surface area contributed by atoms with E-state index in [1.54, 1.807) is 11.3 Å². The standard InChI is InChI=1S/C13H19ClN2OS.ClH/c14-12-3-1-11(18-12)2-4-13(17)16-8-6-10-5-7-15-9-10;/h1,3,10,15H,2,4-9H2,(H,16,17);1H. The van der Waals surface area contributed by atoms with Crippen molar-refractivity contribution in [3.63, 3.8) is 0 Å². The molecule has 0 aromatic carbocycles. The van der Waals surface area contributed by atoms with Crippen LogP contribution in [0, 0.1) is 5.92 Å². The summed E-state index contributed by atoms with van der Waals surface area (Å²) in [6.45, 7) is 3.03. The fourth-order valence-electron chi connectivity index (χ4n) is 2.19. The number of aryl methyl sites for hydroxylation is 1. The van der Waals surface area contributed by atoms with E-state index in [-0.39, 0.29) is 18.3 Å². The highest BCUT2D eigenvalue weighted by Crippen LogP contribution is 2.22. The molecule has 0 spiro atoms. The third kappa shape index (κ3) is 6.13. The maximum Gasteiger partial charge on any atom is 0.220 e. The van der Waals surface area contributed by atoms with Crippen molar-refractivity contribution in [3.8, 4) is 0 Å². The molecule has 2 N–H and O–H groups in total. The largest absolute Gasteiger partial charge is 0.356 e. The molecule has 0 bridgehead atoms. The van der Waals surface area contributed by atoms with E-state index in [0.29, 0.717) is 6.42 Å². The summed E-state index contributed by atoms with van der Waals surface area (Å²) in [5, 5.41) is 6.33. The summed E-state index contributed by atoms with van der Waals surface area (Å²) in [6, 6.07) is 3.87. The minimum Gasteiger partial charge on any atom is -0.356 e. The lowest BCUT2D eigenvalue weighted by Crippen LogP contribution is -2.26. The van der Waals surface area contributed by atoms with Crippen molar-refractivity contribution in [1.82, 2.24) is 10.6 Å². The van der Waals surface area contributed by atoms with Gasteiger partial charge in [0.05, 0.1) is 4.34 Å². The number of amides is 1. The van der Waals surface area contributed by atoms with Gasteiger partial charge in [0, 0.05) is 17.8 Å². The summed E-state index contributed by atoms with van der Waals surface area (Å²) in [7, 11) is 0. The van der Waals surface area contributed by atoms with Gasteiger partial charge in [0.2, 0.25) is 5.91 Å². The average Bonchev–Trinajstić information content (AvgIpc) is 2.98. The maximum atomic E-state index is 11.6. The minimum atomic E-state index is 0. The van der Waals surface area contributed by atoms with Crippen LogP contribution in [0.25, 0.3) is 0 Å². The first-order chi connectivity index (χ1) is 8.74. The van der Waals surface area contributed by atoms with Gasteiger partial charge in [0.15, 0.2) is 0 Å². The first-order valence-corrected chi connectivity index (χ1v) is 7.65. The van der Waals surface area contributed by atoms with Crippen LogP contribution < -0.4 is 10.6 Å². The average molecular weight is 323 g/mol. The number of nitrogens with one attached hydrogen (secondary N) is 2.